The van der Waals surface area contributed by atoms with Crippen LogP contribution in [0.2, 0.25) is 0 Å². The van der Waals surface area contributed by atoms with Gasteiger partial charge in [0, 0.05) is 76.4 Å². The molecule has 0 spiro atoms. The zero-order valence-electron chi connectivity index (χ0n) is 16.9. The third kappa shape index (κ3) is 4.78. The average molecular weight is 428 g/mol. The van der Waals surface area contributed by atoms with Crippen LogP contribution in [0.25, 0.3) is 0 Å². The Kier molecular flexibility index (Phi) is 6.58. The standard InChI is InChI=1S/C19H27F2N7.ClH/c1-15-16(12-24-25(15)2)13-26-8-10-27(11-9-26)17-18(23-6-5-22-17)28-7-3-4-19(20,21)14-28;/h5-6,12H,3-4,7-11,13-14H2,1-2H3;1H. The lowest BCUT2D eigenvalue weighted by molar-refractivity contribution is -0.0118. The Labute approximate surface area is 176 Å². The van der Waals surface area contributed by atoms with Gasteiger partial charge in [0.05, 0.1) is 12.7 Å². The maximum atomic E-state index is 13.9. The molecule has 2 aliphatic heterocycles. The van der Waals surface area contributed by atoms with Gasteiger partial charge in [-0.2, -0.15) is 5.10 Å². The first-order valence-electron chi connectivity index (χ1n) is 9.81. The topological polar surface area (TPSA) is 53.3 Å². The number of alkyl halides is 2. The Morgan fingerprint density at radius 3 is 2.24 bits per heavy atom. The molecule has 0 saturated carbocycles. The summed E-state index contributed by atoms with van der Waals surface area (Å²) in [5.41, 5.74) is 2.43. The highest BCUT2D eigenvalue weighted by molar-refractivity contribution is 5.85. The fourth-order valence-electron chi connectivity index (χ4n) is 3.97. The molecule has 0 aliphatic carbocycles. The second kappa shape index (κ2) is 8.79. The minimum atomic E-state index is -2.66. The van der Waals surface area contributed by atoms with Gasteiger partial charge in [0.1, 0.15) is 0 Å². The first-order chi connectivity index (χ1) is 13.4. The van der Waals surface area contributed by atoms with E-state index in [1.165, 1.54) is 11.3 Å². The van der Waals surface area contributed by atoms with Gasteiger partial charge in [-0.25, -0.2) is 18.7 Å². The van der Waals surface area contributed by atoms with E-state index in [0.717, 1.165) is 38.5 Å². The summed E-state index contributed by atoms with van der Waals surface area (Å²) in [6.07, 6.45) is 5.59. The van der Waals surface area contributed by atoms with Crippen LogP contribution in [-0.2, 0) is 13.6 Å². The lowest BCUT2D eigenvalue weighted by Gasteiger charge is -2.38. The largest absolute Gasteiger partial charge is 0.351 e. The number of hydrogen-bond donors (Lipinski definition) is 0. The van der Waals surface area contributed by atoms with Crippen LogP contribution in [-0.4, -0.2) is 69.8 Å². The second-order valence-corrected chi connectivity index (χ2v) is 7.73. The molecule has 2 saturated heterocycles. The van der Waals surface area contributed by atoms with E-state index in [1.54, 1.807) is 17.3 Å². The predicted molar refractivity (Wildman–Crippen MR) is 111 cm³/mol. The van der Waals surface area contributed by atoms with E-state index in [0.29, 0.717) is 18.8 Å². The molecule has 0 radical (unpaired) electrons. The molecular weight excluding hydrogens is 400 g/mol. The van der Waals surface area contributed by atoms with Gasteiger partial charge in [-0.3, -0.25) is 9.58 Å². The average Bonchev–Trinajstić information content (AvgIpc) is 3.00. The molecule has 0 bridgehead atoms. The fraction of sp³-hybridized carbons (Fsp3) is 0.632. The van der Waals surface area contributed by atoms with Crippen molar-refractivity contribution < 1.29 is 8.78 Å². The number of piperidine rings is 1. The highest BCUT2D eigenvalue weighted by Crippen LogP contribution is 2.33. The van der Waals surface area contributed by atoms with Gasteiger partial charge in [0.2, 0.25) is 0 Å². The first kappa shape index (κ1) is 21.7. The molecule has 0 aromatic carbocycles. The number of halogens is 3. The van der Waals surface area contributed by atoms with E-state index in [4.69, 9.17) is 0 Å². The highest BCUT2D eigenvalue weighted by Gasteiger charge is 2.37. The normalized spacial score (nSPS) is 19.9. The van der Waals surface area contributed by atoms with Crippen molar-refractivity contribution in [2.45, 2.75) is 32.2 Å². The van der Waals surface area contributed by atoms with E-state index in [1.807, 2.05) is 17.9 Å². The zero-order valence-corrected chi connectivity index (χ0v) is 17.7. The monoisotopic (exact) mass is 427 g/mol. The quantitative estimate of drug-likeness (QED) is 0.747. The van der Waals surface area contributed by atoms with Crippen molar-refractivity contribution in [1.82, 2.24) is 24.6 Å². The van der Waals surface area contributed by atoms with Crippen LogP contribution >= 0.6 is 12.4 Å². The molecule has 2 aromatic heterocycles. The number of rotatable bonds is 4. The number of aromatic nitrogens is 4. The molecular formula is C19H28ClF2N7. The molecule has 29 heavy (non-hydrogen) atoms. The van der Waals surface area contributed by atoms with E-state index < -0.39 is 5.92 Å². The molecule has 0 atom stereocenters. The van der Waals surface area contributed by atoms with Gasteiger partial charge in [0.25, 0.3) is 5.92 Å². The van der Waals surface area contributed by atoms with Crippen molar-refractivity contribution >= 4 is 24.0 Å². The Balaban J connectivity index is 0.00000240. The maximum Gasteiger partial charge on any atom is 0.265 e. The fourth-order valence-corrected chi connectivity index (χ4v) is 3.97. The number of hydrogen-bond acceptors (Lipinski definition) is 6. The van der Waals surface area contributed by atoms with Gasteiger partial charge >= 0.3 is 0 Å². The van der Waals surface area contributed by atoms with E-state index >= 15 is 0 Å². The zero-order chi connectivity index (χ0) is 19.7. The van der Waals surface area contributed by atoms with E-state index in [-0.39, 0.29) is 25.4 Å². The van der Waals surface area contributed by atoms with Crippen molar-refractivity contribution in [3.05, 3.63) is 29.8 Å². The smallest absolute Gasteiger partial charge is 0.265 e. The highest BCUT2D eigenvalue weighted by atomic mass is 35.5. The van der Waals surface area contributed by atoms with Crippen LogP contribution in [0.4, 0.5) is 20.4 Å². The van der Waals surface area contributed by atoms with Gasteiger partial charge in [-0.05, 0) is 13.3 Å². The van der Waals surface area contributed by atoms with Gasteiger partial charge < -0.3 is 9.80 Å². The molecule has 4 heterocycles. The number of aryl methyl sites for hydroxylation is 1. The summed E-state index contributed by atoms with van der Waals surface area (Å²) < 4.78 is 29.7. The molecule has 0 unspecified atom stereocenters. The SMILES string of the molecule is Cc1c(CN2CCN(c3nccnc3N3CCCC(F)(F)C3)CC2)cnn1C.Cl. The summed E-state index contributed by atoms with van der Waals surface area (Å²) in [5, 5.41) is 4.31. The third-order valence-corrected chi connectivity index (χ3v) is 5.76. The second-order valence-electron chi connectivity index (χ2n) is 7.73. The van der Waals surface area contributed by atoms with E-state index in [2.05, 4.69) is 31.8 Å². The molecule has 7 nitrogen and oxygen atoms in total. The number of nitrogens with zero attached hydrogens (tertiary/aromatic N) is 7. The molecule has 0 N–H and O–H groups in total. The molecule has 0 amide bonds. The van der Waals surface area contributed by atoms with Crippen LogP contribution in [0, 0.1) is 6.92 Å². The maximum absolute atomic E-state index is 13.9. The Hall–Kier alpha value is -2.00. The Morgan fingerprint density at radius 2 is 1.66 bits per heavy atom. The van der Waals surface area contributed by atoms with Crippen molar-refractivity contribution in [3.8, 4) is 0 Å². The molecule has 10 heteroatoms. The summed E-state index contributed by atoms with van der Waals surface area (Å²) in [4.78, 5) is 15.2. The first-order valence-corrected chi connectivity index (χ1v) is 9.81. The minimum Gasteiger partial charge on any atom is -0.351 e. The Morgan fingerprint density at radius 1 is 1.00 bits per heavy atom. The molecule has 2 aromatic rings. The van der Waals surface area contributed by atoms with Crippen LogP contribution in [0.15, 0.2) is 18.6 Å². The molecule has 2 fully saturated rings. The van der Waals surface area contributed by atoms with Crippen molar-refractivity contribution in [3.63, 3.8) is 0 Å². The summed E-state index contributed by atoms with van der Waals surface area (Å²) in [7, 11) is 1.95. The molecule has 4 rings (SSSR count). The molecule has 160 valence electrons. The summed E-state index contributed by atoms with van der Waals surface area (Å²) >= 11 is 0. The van der Waals surface area contributed by atoms with Gasteiger partial charge in [0.15, 0.2) is 11.6 Å². The Bertz CT molecular complexity index is 821. The lowest BCUT2D eigenvalue weighted by Crippen LogP contribution is -2.48. The third-order valence-electron chi connectivity index (χ3n) is 5.76. The van der Waals surface area contributed by atoms with Crippen molar-refractivity contribution in [1.29, 1.82) is 0 Å². The van der Waals surface area contributed by atoms with Crippen molar-refractivity contribution in [2.75, 3.05) is 49.1 Å². The number of piperazine rings is 1. The van der Waals surface area contributed by atoms with Crippen LogP contribution in [0.1, 0.15) is 24.1 Å². The minimum absolute atomic E-state index is 0. The van der Waals surface area contributed by atoms with E-state index in [9.17, 15) is 8.78 Å². The van der Waals surface area contributed by atoms with Crippen LogP contribution < -0.4 is 9.80 Å². The lowest BCUT2D eigenvalue weighted by atomic mass is 10.1. The van der Waals surface area contributed by atoms with Gasteiger partial charge in [-0.15, -0.1) is 12.4 Å². The van der Waals surface area contributed by atoms with Crippen molar-refractivity contribution in [2.24, 2.45) is 7.05 Å². The van der Waals surface area contributed by atoms with Crippen LogP contribution in [0.3, 0.4) is 0 Å². The summed E-state index contributed by atoms with van der Waals surface area (Å²) in [6, 6.07) is 0. The van der Waals surface area contributed by atoms with Crippen LogP contribution in [0.5, 0.6) is 0 Å². The molecule has 2 aliphatic rings. The summed E-state index contributed by atoms with van der Waals surface area (Å²) in [5.74, 6) is -1.36. The van der Waals surface area contributed by atoms with Gasteiger partial charge in [-0.1, -0.05) is 0 Å². The number of anilines is 2. The summed E-state index contributed by atoms with van der Waals surface area (Å²) in [6.45, 7) is 6.66. The predicted octanol–water partition coefficient (Wildman–Crippen LogP) is 2.50.